The maximum Gasteiger partial charge on any atom is 0.264 e. The van der Waals surface area contributed by atoms with Crippen LogP contribution in [0.3, 0.4) is 0 Å². The van der Waals surface area contributed by atoms with Gasteiger partial charge in [0, 0.05) is 36.7 Å². The Morgan fingerprint density at radius 2 is 1.05 bits per heavy atom. The Kier molecular flexibility index (Phi) is 10.8. The fraction of sp³-hybridized carbons (Fsp3) is 0.455. The maximum atomic E-state index is 12.4. The lowest BCUT2D eigenvalue weighted by molar-refractivity contribution is -0.118. The van der Waals surface area contributed by atoms with Crippen LogP contribution in [0.15, 0.2) is 69.0 Å². The van der Waals surface area contributed by atoms with Crippen molar-refractivity contribution in [3.63, 3.8) is 0 Å². The molecule has 2 aromatic carbocycles. The molecule has 0 saturated heterocycles. The molecule has 10 nitrogen and oxygen atoms in total. The van der Waals surface area contributed by atoms with E-state index in [1.807, 2.05) is 57.7 Å². The van der Waals surface area contributed by atoms with Crippen LogP contribution in [0.25, 0.3) is 21.8 Å². The number of azo groups is 2. The average molecular weight is 587 g/mol. The fourth-order valence-corrected chi connectivity index (χ4v) is 5.01. The Hall–Kier alpha value is -4.34. The monoisotopic (exact) mass is 586 g/mol. The number of aromatic hydroxyl groups is 2. The molecule has 0 saturated carbocycles. The number of para-hydroxylation sites is 2. The van der Waals surface area contributed by atoms with Crippen LogP contribution in [0.5, 0.6) is 11.8 Å². The standard InChI is InChI=1S/C33H42N6O4/c1-22(2)18-20-38-26-14-10-8-12-24(26)30(32(38)42)36-34-28(40)16-6-5-7-17-29(41)35-37-31-25-13-9-11-15-27(25)39(33(31)43)21-19-23(3)4/h8-15,22-23,42-43H,5-7,16-21H2,1-4H3. The molecule has 4 aromatic rings. The topological polar surface area (TPSA) is 134 Å². The highest BCUT2D eigenvalue weighted by Gasteiger charge is 2.18. The van der Waals surface area contributed by atoms with E-state index >= 15 is 0 Å². The highest BCUT2D eigenvalue weighted by atomic mass is 16.3. The third kappa shape index (κ3) is 7.94. The molecule has 0 unspecified atom stereocenters. The van der Waals surface area contributed by atoms with Gasteiger partial charge in [0.2, 0.25) is 11.8 Å². The van der Waals surface area contributed by atoms with Gasteiger partial charge in [0.05, 0.1) is 11.0 Å². The fourth-order valence-electron chi connectivity index (χ4n) is 5.01. The van der Waals surface area contributed by atoms with Crippen LogP contribution in [-0.2, 0) is 22.7 Å². The number of benzene rings is 2. The first-order chi connectivity index (χ1) is 20.7. The summed E-state index contributed by atoms with van der Waals surface area (Å²) in [5.74, 6) is 0.222. The van der Waals surface area contributed by atoms with Crippen molar-refractivity contribution in [2.24, 2.45) is 32.3 Å². The van der Waals surface area contributed by atoms with Gasteiger partial charge < -0.3 is 19.3 Å². The van der Waals surface area contributed by atoms with Crippen molar-refractivity contribution < 1.29 is 19.8 Å². The van der Waals surface area contributed by atoms with Crippen LogP contribution in [0.4, 0.5) is 11.4 Å². The van der Waals surface area contributed by atoms with Crippen molar-refractivity contribution >= 4 is 45.0 Å². The zero-order chi connectivity index (χ0) is 30.9. The number of aromatic nitrogens is 2. The summed E-state index contributed by atoms with van der Waals surface area (Å²) in [7, 11) is 0. The summed E-state index contributed by atoms with van der Waals surface area (Å²) in [5.41, 5.74) is 2.32. The second kappa shape index (κ2) is 14.7. The summed E-state index contributed by atoms with van der Waals surface area (Å²) >= 11 is 0. The quantitative estimate of drug-likeness (QED) is 0.113. The number of nitrogens with zero attached hydrogens (tertiary/aromatic N) is 6. The van der Waals surface area contributed by atoms with Gasteiger partial charge in [0.15, 0.2) is 11.4 Å². The van der Waals surface area contributed by atoms with Crippen LogP contribution in [0, 0.1) is 11.8 Å². The van der Waals surface area contributed by atoms with Crippen LogP contribution >= 0.6 is 0 Å². The molecule has 228 valence electrons. The Morgan fingerprint density at radius 1 is 0.651 bits per heavy atom. The molecule has 43 heavy (non-hydrogen) atoms. The number of aryl methyl sites for hydroxylation is 2. The lowest BCUT2D eigenvalue weighted by atomic mass is 10.1. The lowest BCUT2D eigenvalue weighted by Gasteiger charge is -2.08. The van der Waals surface area contributed by atoms with E-state index in [2.05, 4.69) is 48.2 Å². The predicted octanol–water partition coefficient (Wildman–Crippen LogP) is 8.97. The minimum Gasteiger partial charge on any atom is -0.493 e. The number of hydrogen-bond acceptors (Lipinski definition) is 6. The molecule has 10 heteroatoms. The minimum absolute atomic E-state index is 0.0134. The number of fused-ring (bicyclic) bond motifs is 2. The summed E-state index contributed by atoms with van der Waals surface area (Å²) in [6.07, 6.45) is 3.92. The Balaban J connectivity index is 1.27. The maximum absolute atomic E-state index is 12.4. The van der Waals surface area contributed by atoms with E-state index in [9.17, 15) is 19.8 Å². The van der Waals surface area contributed by atoms with E-state index in [0.717, 1.165) is 34.6 Å². The minimum atomic E-state index is -0.381. The number of hydrogen-bond donors (Lipinski definition) is 2. The van der Waals surface area contributed by atoms with E-state index in [1.165, 1.54) is 0 Å². The Morgan fingerprint density at radius 3 is 1.44 bits per heavy atom. The van der Waals surface area contributed by atoms with Crippen LogP contribution in [0.1, 0.15) is 72.6 Å². The number of unbranched alkanes of at least 4 members (excludes halogenated alkanes) is 2. The summed E-state index contributed by atoms with van der Waals surface area (Å²) in [6.45, 7) is 9.81. The third-order valence-corrected chi connectivity index (χ3v) is 7.50. The molecule has 2 amide bonds. The van der Waals surface area contributed by atoms with E-state index in [0.29, 0.717) is 55.6 Å². The molecule has 0 spiro atoms. The normalized spacial score (nSPS) is 12.2. The van der Waals surface area contributed by atoms with Crippen molar-refractivity contribution in [1.82, 2.24) is 9.13 Å². The van der Waals surface area contributed by atoms with Crippen LogP contribution < -0.4 is 0 Å². The SMILES string of the molecule is CC(C)CCn1c(O)c(N=NC(=O)CCCCCC(=O)N=Nc2c(O)n(CCC(C)C)c3ccccc23)c2ccccc21. The average Bonchev–Trinajstić information content (AvgIpc) is 3.41. The summed E-state index contributed by atoms with van der Waals surface area (Å²) in [6, 6.07) is 15.1. The molecule has 0 radical (unpaired) electrons. The van der Waals surface area contributed by atoms with E-state index < -0.39 is 0 Å². The number of amides is 2. The van der Waals surface area contributed by atoms with Gasteiger partial charge >= 0.3 is 0 Å². The predicted molar refractivity (Wildman–Crippen MR) is 168 cm³/mol. The molecule has 4 rings (SSSR count). The van der Waals surface area contributed by atoms with E-state index in [-0.39, 0.29) is 36.4 Å². The van der Waals surface area contributed by atoms with Gasteiger partial charge in [-0.05, 0) is 49.7 Å². The molecule has 2 aromatic heterocycles. The van der Waals surface area contributed by atoms with Gasteiger partial charge in [-0.2, -0.15) is 0 Å². The van der Waals surface area contributed by atoms with Crippen LogP contribution in [-0.4, -0.2) is 31.2 Å². The molecule has 0 atom stereocenters. The third-order valence-electron chi connectivity index (χ3n) is 7.50. The first-order valence-corrected chi connectivity index (χ1v) is 15.2. The second-order valence-corrected chi connectivity index (χ2v) is 11.8. The zero-order valence-corrected chi connectivity index (χ0v) is 25.5. The molecule has 0 bridgehead atoms. The number of carbonyl (C=O) groups excluding carboxylic acids is 2. The first-order valence-electron chi connectivity index (χ1n) is 15.2. The van der Waals surface area contributed by atoms with Gasteiger partial charge in [-0.25, -0.2) is 0 Å². The molecular formula is C33H42N6O4. The van der Waals surface area contributed by atoms with Gasteiger partial charge in [-0.3, -0.25) is 9.59 Å². The van der Waals surface area contributed by atoms with Crippen molar-refractivity contribution in [2.45, 2.75) is 85.7 Å². The van der Waals surface area contributed by atoms with Crippen molar-refractivity contribution in [2.75, 3.05) is 0 Å². The molecule has 0 aliphatic carbocycles. The largest absolute Gasteiger partial charge is 0.493 e. The van der Waals surface area contributed by atoms with Crippen molar-refractivity contribution in [3.8, 4) is 11.8 Å². The number of rotatable bonds is 14. The van der Waals surface area contributed by atoms with Gasteiger partial charge in [0.25, 0.3) is 11.8 Å². The number of carbonyl (C=O) groups is 2. The molecule has 2 N–H and O–H groups in total. The second-order valence-electron chi connectivity index (χ2n) is 11.8. The van der Waals surface area contributed by atoms with Crippen LogP contribution in [0.2, 0.25) is 0 Å². The molecule has 0 aliphatic heterocycles. The van der Waals surface area contributed by atoms with Gasteiger partial charge in [-0.15, -0.1) is 20.5 Å². The molecule has 0 aliphatic rings. The smallest absolute Gasteiger partial charge is 0.264 e. The van der Waals surface area contributed by atoms with Gasteiger partial charge in [0.1, 0.15) is 0 Å². The Bertz CT molecular complexity index is 1510. The summed E-state index contributed by atoms with van der Waals surface area (Å²) < 4.78 is 3.63. The molecule has 2 heterocycles. The van der Waals surface area contributed by atoms with Crippen molar-refractivity contribution in [1.29, 1.82) is 0 Å². The van der Waals surface area contributed by atoms with Crippen molar-refractivity contribution in [3.05, 3.63) is 48.5 Å². The van der Waals surface area contributed by atoms with E-state index in [4.69, 9.17) is 0 Å². The first kappa shape index (κ1) is 31.6. The lowest BCUT2D eigenvalue weighted by Crippen LogP contribution is -2.00. The zero-order valence-electron chi connectivity index (χ0n) is 25.5. The summed E-state index contributed by atoms with van der Waals surface area (Å²) in [4.78, 5) is 24.8. The highest BCUT2D eigenvalue weighted by Crippen LogP contribution is 2.40. The molecular weight excluding hydrogens is 544 g/mol. The summed E-state index contributed by atoms with van der Waals surface area (Å²) in [5, 5.41) is 39.0. The Labute approximate surface area is 252 Å². The molecule has 0 fully saturated rings. The van der Waals surface area contributed by atoms with E-state index in [1.54, 1.807) is 0 Å². The van der Waals surface area contributed by atoms with Gasteiger partial charge in [-0.1, -0.05) is 70.5 Å². The highest BCUT2D eigenvalue weighted by molar-refractivity contribution is 5.96.